The van der Waals surface area contributed by atoms with Crippen LogP contribution in [-0.4, -0.2) is 177 Å². The van der Waals surface area contributed by atoms with Crippen LogP contribution in [0.25, 0.3) is 45.0 Å². The van der Waals surface area contributed by atoms with Crippen molar-refractivity contribution in [1.29, 1.82) is 0 Å². The second kappa shape index (κ2) is 37.8. The summed E-state index contributed by atoms with van der Waals surface area (Å²) in [5.74, 6) is 6.25. The largest absolute Gasteiger partial charge is 0.574 e. The number of aryl methyl sites for hydroxylation is 11. The molecule has 1 saturated carbocycles. The Morgan fingerprint density at radius 3 is 0.937 bits per heavy atom. The normalized spacial score (nSPS) is 14.5. The van der Waals surface area contributed by atoms with E-state index < -0.39 is 12.2 Å². The van der Waals surface area contributed by atoms with Gasteiger partial charge in [0.05, 0.1) is 43.1 Å². The molecule has 0 bridgehead atoms. The molecule has 8 aromatic carbocycles. The minimum Gasteiger partial charge on any atom is -0.480 e. The summed E-state index contributed by atoms with van der Waals surface area (Å²) in [6.07, 6.45) is 3.10. The van der Waals surface area contributed by atoms with Gasteiger partial charge in [-0.3, -0.25) is 39.6 Å². The maximum Gasteiger partial charge on any atom is 0.574 e. The minimum absolute atomic E-state index is 0.0642. The molecule has 0 atom stereocenters. The number of amides is 4. The second-order valence-electron chi connectivity index (χ2n) is 34.5. The summed E-state index contributed by atoms with van der Waals surface area (Å²) in [6, 6.07) is 49.4. The SMILES string of the molecule is C#Cc1ccc(C2CN(C(=O)c3cc(-c4[nH]nc(OC)c4C)c(C)cc3C)C2)cc1.COCCOc1n[nH]c(-c2cc(C(=O)N3CC(c4ccc(C)cc4)C3)c(C)cc2C)c1C.Cc1ccc(C2CN(C(=O)c3cc(-c4[nH]nc(OC(F)(F)F)c4C)c(C)cc3C)C2)cc1.Cc1ccc(C2CN(C(=O)c3cc(-c4[nH]nc(OCC5CC5)c4C)c(C)cc3C)C2)cc1. The monoisotopic (exact) mass is 1700 g/mol. The number of carbonyl (C=O) groups excluding carboxylic acids is 4. The zero-order valence-corrected chi connectivity index (χ0v) is 74.9. The third kappa shape index (κ3) is 19.7. The van der Waals surface area contributed by atoms with E-state index in [1.807, 2.05) is 120 Å². The van der Waals surface area contributed by atoms with Gasteiger partial charge in [0.2, 0.25) is 23.5 Å². The fourth-order valence-corrected chi connectivity index (χ4v) is 16.8. The molecule has 12 aromatic rings. The lowest BCUT2D eigenvalue weighted by atomic mass is 9.89. The number of hydrogen-bond donors (Lipinski definition) is 4. The molecule has 0 radical (unpaired) electrons. The van der Waals surface area contributed by atoms with Gasteiger partial charge in [0, 0.05) is 155 Å². The van der Waals surface area contributed by atoms with Crippen molar-refractivity contribution in [1.82, 2.24) is 60.4 Å². The predicted molar refractivity (Wildman–Crippen MR) is 484 cm³/mol. The second-order valence-corrected chi connectivity index (χ2v) is 34.5. The number of terminal acetylenes is 1. The first-order valence-electron chi connectivity index (χ1n) is 42.9. The van der Waals surface area contributed by atoms with E-state index in [4.69, 9.17) is 25.4 Å². The number of H-pyrrole nitrogens is 4. The number of carbonyl (C=O) groups is 4. The van der Waals surface area contributed by atoms with Crippen LogP contribution in [0.4, 0.5) is 13.2 Å². The lowest BCUT2D eigenvalue weighted by molar-refractivity contribution is -0.276. The number of rotatable bonds is 21. The molecular weight excluding hydrogens is 1590 g/mol. The third-order valence-corrected chi connectivity index (χ3v) is 25.1. The van der Waals surface area contributed by atoms with Crippen LogP contribution < -0.4 is 18.9 Å². The number of aromatic nitrogens is 8. The Morgan fingerprint density at radius 1 is 0.381 bits per heavy atom. The van der Waals surface area contributed by atoms with Crippen LogP contribution in [0, 0.1) is 122 Å². The average Bonchev–Trinajstić information content (AvgIpc) is 1.73. The summed E-state index contributed by atoms with van der Waals surface area (Å²) < 4.78 is 63.8. The average molecular weight is 1710 g/mol. The van der Waals surface area contributed by atoms with Crippen molar-refractivity contribution in [2.45, 2.75) is 147 Å². The lowest BCUT2D eigenvalue weighted by Crippen LogP contribution is -2.48. The van der Waals surface area contributed by atoms with Crippen LogP contribution in [0.1, 0.15) is 189 Å². The van der Waals surface area contributed by atoms with Crippen LogP contribution >= 0.6 is 0 Å². The highest BCUT2D eigenvalue weighted by atomic mass is 19.4. The Bertz CT molecular complexity index is 6050. The molecule has 1 aliphatic carbocycles. The Labute approximate surface area is 735 Å². The Morgan fingerprint density at radius 2 is 0.659 bits per heavy atom. The summed E-state index contributed by atoms with van der Waals surface area (Å²) in [4.78, 5) is 60.6. The first-order valence-corrected chi connectivity index (χ1v) is 42.9. The van der Waals surface area contributed by atoms with Crippen molar-refractivity contribution in [3.8, 4) is 80.9 Å². The summed E-state index contributed by atoms with van der Waals surface area (Å²) in [5, 5.41) is 28.5. The van der Waals surface area contributed by atoms with E-state index in [2.05, 4.69) is 182 Å². The Hall–Kier alpha value is -13.0. The Balaban J connectivity index is 0.000000136. The van der Waals surface area contributed by atoms with Gasteiger partial charge in [0.1, 0.15) is 6.61 Å². The van der Waals surface area contributed by atoms with E-state index in [-0.39, 0.29) is 29.2 Å². The molecule has 0 unspecified atom stereocenters. The summed E-state index contributed by atoms with van der Waals surface area (Å²) in [5.41, 5.74) is 30.1. The number of likely N-dealkylation sites (tertiary alicyclic amines) is 4. The minimum atomic E-state index is -4.83. The van der Waals surface area contributed by atoms with Gasteiger partial charge in [-0.25, -0.2) is 0 Å². The number of benzene rings is 8. The molecule has 5 aliphatic rings. The standard InChI is InChI=1S/C27H31N3O2.C26H31N3O3.C25H25N3O2.C24H24F3N3O2/c1-16-5-9-21(10-6-16)22-13-30(14-22)27(31)24-12-23(17(2)11-18(24)3)25-19(4)26(29-28-25)32-15-20-7-8-20;1-16-6-8-20(9-7-16)21-14-29(15-21)26(30)23-13-22(17(2)12-18(23)3)24-19(4)25(28-27-24)32-11-10-31-5;1-6-18-7-9-19(10-8-18)20-13-28(14-20)25(29)22-12-21(15(2)11-16(22)3)23-17(4)24(30-5)27-26-23;1-13-5-7-17(8-6-13)18-11-30(12-18)23(31)20-10-19(14(2)9-15(20)3)21-16(4)22(29-28-21)32-24(25,26)27/h5-6,9-12,20,22H,7-8,13-15H2,1-4H3,(H,28,29);6-9,12-13,21H,10-11,14-15H2,1-5H3,(H,27,28);1,7-12,20H,13-14H2,2-5H3,(H,26,27);5-10,18H,11-12H2,1-4H3,(H,28,29). The van der Waals surface area contributed by atoms with Gasteiger partial charge in [-0.1, -0.05) is 132 Å². The van der Waals surface area contributed by atoms with Crippen LogP contribution in [-0.2, 0) is 4.74 Å². The van der Waals surface area contributed by atoms with E-state index in [0.29, 0.717) is 103 Å². The highest BCUT2D eigenvalue weighted by Crippen LogP contribution is 2.42. The topological polar surface area (TPSA) is 242 Å². The zero-order chi connectivity index (χ0) is 89.9. The molecule has 654 valence electrons. The van der Waals surface area contributed by atoms with Crippen molar-refractivity contribution < 1.29 is 56.0 Å². The van der Waals surface area contributed by atoms with E-state index in [9.17, 15) is 32.3 Å². The molecule has 4 saturated heterocycles. The molecule has 4 aliphatic heterocycles. The summed E-state index contributed by atoms with van der Waals surface area (Å²) in [6.45, 7) is 37.0. The fraction of sp³-hybridized carbons (Fsp3) is 0.353. The molecule has 24 heteroatoms. The lowest BCUT2D eigenvalue weighted by Gasteiger charge is -2.40. The number of nitrogens with one attached hydrogen (secondary N) is 4. The number of nitrogens with zero attached hydrogens (tertiary/aromatic N) is 8. The summed E-state index contributed by atoms with van der Waals surface area (Å²) >= 11 is 0. The highest BCUT2D eigenvalue weighted by Gasteiger charge is 2.39. The van der Waals surface area contributed by atoms with Gasteiger partial charge >= 0.3 is 6.36 Å². The van der Waals surface area contributed by atoms with Crippen molar-refractivity contribution >= 4 is 23.6 Å². The van der Waals surface area contributed by atoms with E-state index in [0.717, 1.165) is 150 Å². The molecule has 5 fully saturated rings. The Kier molecular flexibility index (Phi) is 26.8. The molecule has 126 heavy (non-hydrogen) atoms. The van der Waals surface area contributed by atoms with Crippen LogP contribution in [0.2, 0.25) is 0 Å². The molecule has 0 spiro atoms. The molecule has 4 amide bonds. The van der Waals surface area contributed by atoms with E-state index >= 15 is 0 Å². The van der Waals surface area contributed by atoms with E-state index in [1.165, 1.54) is 58.7 Å². The molecule has 8 heterocycles. The smallest absolute Gasteiger partial charge is 0.480 e. The van der Waals surface area contributed by atoms with Gasteiger partial charge < -0.3 is 43.3 Å². The predicted octanol–water partition coefficient (Wildman–Crippen LogP) is 19.6. The molecular formula is C102H111F3N12O9. The molecule has 4 N–H and O–H groups in total. The maximum absolute atomic E-state index is 13.3. The summed E-state index contributed by atoms with van der Waals surface area (Å²) in [7, 11) is 3.24. The van der Waals surface area contributed by atoms with Gasteiger partial charge in [-0.15, -0.1) is 40.0 Å². The van der Waals surface area contributed by atoms with E-state index in [1.54, 1.807) is 25.2 Å². The molecule has 17 rings (SSSR count). The number of hydrogen-bond acceptors (Lipinski definition) is 13. The number of aromatic amines is 4. The highest BCUT2D eigenvalue weighted by molar-refractivity contribution is 6.01. The van der Waals surface area contributed by atoms with Gasteiger partial charge in [0.15, 0.2) is 0 Å². The van der Waals surface area contributed by atoms with Gasteiger partial charge in [-0.05, 0) is 226 Å². The molecule has 21 nitrogen and oxygen atoms in total. The first-order chi connectivity index (χ1) is 60.2. The number of methoxy groups -OCH3 is 2. The number of alkyl halides is 3. The van der Waals surface area contributed by atoms with Crippen LogP contribution in [0.5, 0.6) is 23.5 Å². The van der Waals surface area contributed by atoms with Crippen LogP contribution in [0.3, 0.4) is 0 Å². The fourth-order valence-electron chi connectivity index (χ4n) is 16.8. The third-order valence-electron chi connectivity index (χ3n) is 25.1. The van der Waals surface area contributed by atoms with Gasteiger partial charge in [0.25, 0.3) is 23.6 Å². The van der Waals surface area contributed by atoms with Crippen molar-refractivity contribution in [2.75, 3.05) is 86.4 Å². The molecule has 4 aromatic heterocycles. The zero-order valence-electron chi connectivity index (χ0n) is 74.9. The maximum atomic E-state index is 13.3. The quantitative estimate of drug-likeness (QED) is 0.0387. The first kappa shape index (κ1) is 89.3. The number of ether oxygens (including phenoxy) is 5. The van der Waals surface area contributed by atoms with Crippen LogP contribution in [0.15, 0.2) is 146 Å². The van der Waals surface area contributed by atoms with Gasteiger partial charge in [-0.2, -0.15) is 0 Å². The van der Waals surface area contributed by atoms with Crippen molar-refractivity contribution in [2.24, 2.45) is 5.92 Å². The number of halogens is 3. The van der Waals surface area contributed by atoms with Crippen molar-refractivity contribution in [3.63, 3.8) is 0 Å². The van der Waals surface area contributed by atoms with Crippen molar-refractivity contribution in [3.05, 3.63) is 279 Å².